The number of ether oxygens (including phenoxy) is 1. The van der Waals surface area contributed by atoms with Crippen molar-refractivity contribution in [1.82, 2.24) is 5.32 Å². The molecule has 174 valence electrons. The van der Waals surface area contributed by atoms with Crippen molar-refractivity contribution in [2.45, 2.75) is 43.0 Å². The van der Waals surface area contributed by atoms with E-state index in [-0.39, 0.29) is 30.2 Å². The van der Waals surface area contributed by atoms with E-state index in [0.717, 1.165) is 48.1 Å². The van der Waals surface area contributed by atoms with Gasteiger partial charge < -0.3 is 21.2 Å². The van der Waals surface area contributed by atoms with Gasteiger partial charge in [-0.3, -0.25) is 4.79 Å². The van der Waals surface area contributed by atoms with E-state index in [2.05, 4.69) is 31.1 Å². The van der Waals surface area contributed by atoms with E-state index < -0.39 is 0 Å². The van der Waals surface area contributed by atoms with Crippen molar-refractivity contribution in [3.8, 4) is 0 Å². The normalized spacial score (nSPS) is 12.0. The van der Waals surface area contributed by atoms with Crippen molar-refractivity contribution < 1.29 is 9.53 Å². The predicted molar refractivity (Wildman–Crippen MR) is 140 cm³/mol. The van der Waals surface area contributed by atoms with Gasteiger partial charge in [-0.05, 0) is 43.0 Å². The zero-order chi connectivity index (χ0) is 24.1. The highest BCUT2D eigenvalue weighted by Gasteiger charge is 2.15. The number of hydrogen-bond donors (Lipinski definition) is 4. The van der Waals surface area contributed by atoms with E-state index in [1.54, 1.807) is 24.3 Å². The molecule has 0 radical (unpaired) electrons. The first-order chi connectivity index (χ1) is 15.9. The smallest absolute Gasteiger partial charge is 0.251 e. The number of carbonyl (C=O) groups excluding carboxylic acids is 1. The Morgan fingerprint density at radius 1 is 1.15 bits per heavy atom. The fourth-order valence-corrected chi connectivity index (χ4v) is 3.57. The molecule has 2 rings (SSSR count). The summed E-state index contributed by atoms with van der Waals surface area (Å²) in [7, 11) is 0. The van der Waals surface area contributed by atoms with Crippen LogP contribution >= 0.6 is 12.6 Å². The van der Waals surface area contributed by atoms with E-state index in [9.17, 15) is 4.79 Å². The highest BCUT2D eigenvalue weighted by atomic mass is 32.1. The Morgan fingerprint density at radius 3 is 2.67 bits per heavy atom. The molecule has 1 amide bonds. The molecule has 0 aromatic heterocycles. The first kappa shape index (κ1) is 26.0. The molecule has 1 atom stereocenters. The van der Waals surface area contributed by atoms with E-state index in [1.165, 1.54) is 6.08 Å². The largest absolute Gasteiger partial charge is 0.477 e. The number of allylic oxidation sites excluding steroid dienone is 2. The molecule has 33 heavy (non-hydrogen) atoms. The van der Waals surface area contributed by atoms with Crippen LogP contribution in [0, 0.1) is 5.41 Å². The molecule has 0 fully saturated rings. The standard InChI is InChI=1S/C27H33N3O2S/c1-3-5-6-7-8-14-22(30-27(31)21-13-11-15-23(33)17-21)19-32-26(29)18-25(28)24-16-10-9-12-20(24)4-2/h3-4,9-13,15-18,22,28,33H,1-2,5-8,14,19,29H2,(H,30,31)/b26-18+,28-25?/t22-/m1/s1. The van der Waals surface area contributed by atoms with Crippen molar-refractivity contribution in [3.63, 3.8) is 0 Å². The molecule has 0 aliphatic rings. The van der Waals surface area contributed by atoms with Crippen LogP contribution in [0.25, 0.3) is 6.08 Å². The number of thiol groups is 1. The van der Waals surface area contributed by atoms with Gasteiger partial charge in [0, 0.05) is 22.1 Å². The average Bonchev–Trinajstić information content (AvgIpc) is 2.82. The lowest BCUT2D eigenvalue weighted by Crippen LogP contribution is -2.38. The van der Waals surface area contributed by atoms with Crippen LogP contribution in [0.4, 0.5) is 0 Å². The summed E-state index contributed by atoms with van der Waals surface area (Å²) in [5.74, 6) is -0.0528. The lowest BCUT2D eigenvalue weighted by atomic mass is 10.0. The van der Waals surface area contributed by atoms with Crippen molar-refractivity contribution in [2.75, 3.05) is 6.61 Å². The van der Waals surface area contributed by atoms with Crippen LogP contribution in [0.1, 0.15) is 53.6 Å². The van der Waals surface area contributed by atoms with Gasteiger partial charge in [0.25, 0.3) is 5.91 Å². The van der Waals surface area contributed by atoms with E-state index in [1.807, 2.05) is 36.4 Å². The molecule has 0 bridgehead atoms. The zero-order valence-electron chi connectivity index (χ0n) is 18.9. The van der Waals surface area contributed by atoms with Gasteiger partial charge in [0.2, 0.25) is 0 Å². The summed E-state index contributed by atoms with van der Waals surface area (Å²) < 4.78 is 5.73. The molecule has 0 saturated heterocycles. The number of rotatable bonds is 14. The predicted octanol–water partition coefficient (Wildman–Crippen LogP) is 5.74. The molecule has 0 aliphatic carbocycles. The van der Waals surface area contributed by atoms with Crippen LogP contribution in [0.5, 0.6) is 0 Å². The molecule has 0 unspecified atom stereocenters. The molecule has 2 aromatic rings. The molecule has 6 heteroatoms. The maximum absolute atomic E-state index is 12.7. The van der Waals surface area contributed by atoms with Crippen LogP contribution in [0.2, 0.25) is 0 Å². The van der Waals surface area contributed by atoms with E-state index >= 15 is 0 Å². The minimum Gasteiger partial charge on any atom is -0.477 e. The van der Waals surface area contributed by atoms with E-state index in [4.69, 9.17) is 15.9 Å². The van der Waals surface area contributed by atoms with Gasteiger partial charge in [-0.25, -0.2) is 0 Å². The first-order valence-corrected chi connectivity index (χ1v) is 11.5. The lowest BCUT2D eigenvalue weighted by Gasteiger charge is -2.20. The second-order valence-electron chi connectivity index (χ2n) is 7.71. The van der Waals surface area contributed by atoms with Gasteiger partial charge in [0.1, 0.15) is 6.61 Å². The fourth-order valence-electron chi connectivity index (χ4n) is 3.35. The maximum Gasteiger partial charge on any atom is 0.251 e. The fraction of sp³-hybridized carbons (Fsp3) is 0.259. The van der Waals surface area contributed by atoms with Gasteiger partial charge in [-0.1, -0.05) is 61.9 Å². The highest BCUT2D eigenvalue weighted by Crippen LogP contribution is 2.14. The topological polar surface area (TPSA) is 88.2 Å². The second-order valence-corrected chi connectivity index (χ2v) is 8.23. The number of nitrogens with one attached hydrogen (secondary N) is 2. The van der Waals surface area contributed by atoms with Crippen LogP contribution < -0.4 is 11.1 Å². The summed E-state index contributed by atoms with van der Waals surface area (Å²) in [6, 6.07) is 14.4. The van der Waals surface area contributed by atoms with Crippen molar-refractivity contribution in [1.29, 1.82) is 5.41 Å². The maximum atomic E-state index is 12.7. The summed E-state index contributed by atoms with van der Waals surface area (Å²) in [5.41, 5.74) is 8.40. The van der Waals surface area contributed by atoms with Gasteiger partial charge in [0.05, 0.1) is 11.8 Å². The monoisotopic (exact) mass is 463 g/mol. The summed E-state index contributed by atoms with van der Waals surface area (Å²) in [6.07, 6.45) is 9.88. The Kier molecular flexibility index (Phi) is 11.0. The van der Waals surface area contributed by atoms with Crippen molar-refractivity contribution >= 4 is 30.3 Å². The van der Waals surface area contributed by atoms with Gasteiger partial charge in [0.15, 0.2) is 5.88 Å². The first-order valence-electron chi connectivity index (χ1n) is 11.1. The van der Waals surface area contributed by atoms with Gasteiger partial charge >= 0.3 is 0 Å². The van der Waals surface area contributed by atoms with Gasteiger partial charge in [-0.15, -0.1) is 19.2 Å². The van der Waals surface area contributed by atoms with Crippen LogP contribution in [0.3, 0.4) is 0 Å². The Balaban J connectivity index is 2.02. The average molecular weight is 464 g/mol. The molecule has 0 saturated carbocycles. The van der Waals surface area contributed by atoms with Gasteiger partial charge in [-0.2, -0.15) is 0 Å². The summed E-state index contributed by atoms with van der Waals surface area (Å²) >= 11 is 4.31. The number of amides is 1. The summed E-state index contributed by atoms with van der Waals surface area (Å²) in [5, 5.41) is 11.4. The third-order valence-electron chi connectivity index (χ3n) is 5.11. The molecular formula is C27H33N3O2S. The number of unbranched alkanes of at least 4 members (excludes halogenated alkanes) is 3. The van der Waals surface area contributed by atoms with E-state index in [0.29, 0.717) is 5.56 Å². The number of benzene rings is 2. The quantitative estimate of drug-likeness (QED) is 0.0947. The Bertz CT molecular complexity index is 1000. The van der Waals surface area contributed by atoms with Crippen LogP contribution in [0.15, 0.2) is 84.6 Å². The number of carbonyl (C=O) groups is 1. The SMILES string of the molecule is C=CCCCCC[C@H](CO/C(N)=C/C(=N)c1ccccc1C=C)NC(=O)c1cccc(S)c1. The molecule has 0 aliphatic heterocycles. The Hall–Kier alpha value is -3.25. The van der Waals surface area contributed by atoms with Crippen molar-refractivity contribution in [3.05, 3.63) is 96.4 Å². The Morgan fingerprint density at radius 2 is 1.94 bits per heavy atom. The molecule has 0 spiro atoms. The van der Waals surface area contributed by atoms with Crippen LogP contribution in [-0.2, 0) is 4.74 Å². The molecular weight excluding hydrogens is 430 g/mol. The number of nitrogens with two attached hydrogens (primary N) is 1. The molecule has 0 heterocycles. The third-order valence-corrected chi connectivity index (χ3v) is 5.39. The lowest BCUT2D eigenvalue weighted by molar-refractivity contribution is 0.0895. The summed E-state index contributed by atoms with van der Waals surface area (Å²) in [4.78, 5) is 13.4. The molecule has 2 aromatic carbocycles. The Labute approximate surface area is 202 Å². The van der Waals surface area contributed by atoms with Crippen molar-refractivity contribution in [2.24, 2.45) is 5.73 Å². The second kappa shape index (κ2) is 14.0. The minimum atomic E-state index is -0.216. The molecule has 4 N–H and O–H groups in total. The zero-order valence-corrected chi connectivity index (χ0v) is 19.8. The third kappa shape index (κ3) is 9.02. The highest BCUT2D eigenvalue weighted by molar-refractivity contribution is 7.80. The molecule has 5 nitrogen and oxygen atoms in total. The summed E-state index contributed by atoms with van der Waals surface area (Å²) in [6.45, 7) is 7.75. The number of hydrogen-bond acceptors (Lipinski definition) is 5. The minimum absolute atomic E-state index is 0.127. The van der Waals surface area contributed by atoms with Crippen LogP contribution in [-0.4, -0.2) is 24.3 Å².